The van der Waals surface area contributed by atoms with Crippen LogP contribution in [0, 0.1) is 5.82 Å². The molecule has 5 aromatic rings. The van der Waals surface area contributed by atoms with E-state index in [0.717, 1.165) is 40.5 Å². The zero-order valence-corrected chi connectivity index (χ0v) is 21.4. The van der Waals surface area contributed by atoms with Gasteiger partial charge in [-0.25, -0.2) is 19.3 Å². The number of hydrogen-bond donors (Lipinski definition) is 2. The molecule has 7 nitrogen and oxygen atoms in total. The van der Waals surface area contributed by atoms with Gasteiger partial charge in [-0.2, -0.15) is 0 Å². The standard InChI is InChI=1S/C32H24FN5O2/c1-2-30(39)37-25-5-3-4-22(13-25)27-14-23(12-24-17-34-18-36-31(24)27)20-8-9-26(28(33)15-20)32(40)38-29-16-21(10-11-35-29)19-6-7-19/h2-5,8-19H,1,6-7H2,(H,37,39)(H,35,38,40). The number of nitrogens with one attached hydrogen (secondary N) is 2. The monoisotopic (exact) mass is 529 g/mol. The summed E-state index contributed by atoms with van der Waals surface area (Å²) in [6.07, 6.45) is 8.29. The van der Waals surface area contributed by atoms with E-state index in [9.17, 15) is 9.59 Å². The van der Waals surface area contributed by atoms with E-state index in [1.165, 1.54) is 24.5 Å². The molecule has 0 radical (unpaired) electrons. The van der Waals surface area contributed by atoms with Crippen LogP contribution in [0.3, 0.4) is 0 Å². The fourth-order valence-electron chi connectivity index (χ4n) is 4.70. The number of aromatic nitrogens is 3. The molecule has 0 saturated heterocycles. The van der Waals surface area contributed by atoms with Crippen molar-refractivity contribution < 1.29 is 14.0 Å². The molecule has 8 heteroatoms. The molecule has 1 fully saturated rings. The summed E-state index contributed by atoms with van der Waals surface area (Å²) < 4.78 is 15.3. The fraction of sp³-hybridized carbons (Fsp3) is 0.0938. The third-order valence-corrected chi connectivity index (χ3v) is 6.85. The molecule has 2 aromatic heterocycles. The minimum Gasteiger partial charge on any atom is -0.323 e. The highest BCUT2D eigenvalue weighted by Crippen LogP contribution is 2.40. The Hall–Kier alpha value is -5.24. The number of amides is 2. The predicted octanol–water partition coefficient (Wildman–Crippen LogP) is 6.75. The number of benzene rings is 3. The molecule has 0 spiro atoms. The van der Waals surface area contributed by atoms with E-state index in [-0.39, 0.29) is 11.5 Å². The molecule has 1 aliphatic carbocycles. The third-order valence-electron chi connectivity index (χ3n) is 6.85. The lowest BCUT2D eigenvalue weighted by molar-refractivity contribution is -0.111. The first-order valence-electron chi connectivity index (χ1n) is 12.8. The average Bonchev–Trinajstić information content (AvgIpc) is 3.82. The van der Waals surface area contributed by atoms with Crippen LogP contribution in [-0.2, 0) is 4.79 Å². The second kappa shape index (κ2) is 10.5. The minimum absolute atomic E-state index is 0.0719. The van der Waals surface area contributed by atoms with Crippen LogP contribution < -0.4 is 10.6 Å². The number of nitrogens with zero attached hydrogens (tertiary/aromatic N) is 3. The Bertz CT molecular complexity index is 1800. The molecule has 6 rings (SSSR count). The van der Waals surface area contributed by atoms with Gasteiger partial charge in [0.25, 0.3) is 5.91 Å². The Morgan fingerprint density at radius 1 is 0.925 bits per heavy atom. The van der Waals surface area contributed by atoms with Crippen LogP contribution in [0.4, 0.5) is 15.9 Å². The molecule has 40 heavy (non-hydrogen) atoms. The molecule has 0 aliphatic heterocycles. The first-order chi connectivity index (χ1) is 19.5. The summed E-state index contributed by atoms with van der Waals surface area (Å²) in [5.41, 5.74) is 5.28. The maximum Gasteiger partial charge on any atom is 0.259 e. The first kappa shape index (κ1) is 25.1. The first-order valence-corrected chi connectivity index (χ1v) is 12.8. The van der Waals surface area contributed by atoms with Gasteiger partial charge in [0.05, 0.1) is 11.1 Å². The fourth-order valence-corrected chi connectivity index (χ4v) is 4.70. The quantitative estimate of drug-likeness (QED) is 0.227. The third kappa shape index (κ3) is 5.19. The number of carbonyl (C=O) groups is 2. The van der Waals surface area contributed by atoms with Gasteiger partial charge in [-0.05, 0) is 95.6 Å². The lowest BCUT2D eigenvalue weighted by Crippen LogP contribution is -2.14. The van der Waals surface area contributed by atoms with E-state index >= 15 is 4.39 Å². The SMILES string of the molecule is C=CC(=O)Nc1cccc(-c2cc(-c3ccc(C(=O)Nc4cc(C5CC5)ccn4)c(F)c3)cc3cncnc23)c1. The zero-order valence-electron chi connectivity index (χ0n) is 21.4. The minimum atomic E-state index is -0.645. The largest absolute Gasteiger partial charge is 0.323 e. The molecule has 2 heterocycles. The van der Waals surface area contributed by atoms with Crippen LogP contribution in [0.25, 0.3) is 33.2 Å². The number of carbonyl (C=O) groups excluding carboxylic acids is 2. The van der Waals surface area contributed by atoms with E-state index in [1.54, 1.807) is 24.5 Å². The molecule has 2 amide bonds. The van der Waals surface area contributed by atoms with Gasteiger partial charge >= 0.3 is 0 Å². The number of anilines is 2. The summed E-state index contributed by atoms with van der Waals surface area (Å²) in [7, 11) is 0. The van der Waals surface area contributed by atoms with E-state index < -0.39 is 11.7 Å². The highest BCUT2D eigenvalue weighted by atomic mass is 19.1. The van der Waals surface area contributed by atoms with Crippen molar-refractivity contribution in [2.24, 2.45) is 0 Å². The highest BCUT2D eigenvalue weighted by Gasteiger charge is 2.24. The van der Waals surface area contributed by atoms with Gasteiger partial charge in [0.1, 0.15) is 18.0 Å². The number of fused-ring (bicyclic) bond motifs is 1. The zero-order chi connectivity index (χ0) is 27.6. The Kier molecular flexibility index (Phi) is 6.57. The van der Waals surface area contributed by atoms with Crippen molar-refractivity contribution in [2.75, 3.05) is 10.6 Å². The van der Waals surface area contributed by atoms with Crippen LogP contribution in [0.15, 0.2) is 98.1 Å². The summed E-state index contributed by atoms with van der Waals surface area (Å²) in [5, 5.41) is 6.25. The molecule has 3 aromatic carbocycles. The lowest BCUT2D eigenvalue weighted by atomic mass is 9.95. The summed E-state index contributed by atoms with van der Waals surface area (Å²) in [4.78, 5) is 37.5. The number of pyridine rings is 1. The Morgan fingerprint density at radius 3 is 2.60 bits per heavy atom. The van der Waals surface area contributed by atoms with Gasteiger partial charge in [0, 0.05) is 29.0 Å². The summed E-state index contributed by atoms with van der Waals surface area (Å²) in [6.45, 7) is 3.49. The smallest absolute Gasteiger partial charge is 0.259 e. The Labute approximate surface area is 229 Å². The second-order valence-corrected chi connectivity index (χ2v) is 9.66. The highest BCUT2D eigenvalue weighted by molar-refractivity contribution is 6.04. The predicted molar refractivity (Wildman–Crippen MR) is 153 cm³/mol. The summed E-state index contributed by atoms with van der Waals surface area (Å²) in [5.74, 6) is -0.600. The van der Waals surface area contributed by atoms with Gasteiger partial charge in [-0.3, -0.25) is 9.59 Å². The molecule has 0 atom stereocenters. The summed E-state index contributed by atoms with van der Waals surface area (Å²) >= 11 is 0. The Morgan fingerprint density at radius 2 is 1.80 bits per heavy atom. The van der Waals surface area contributed by atoms with Gasteiger partial charge in [-0.15, -0.1) is 0 Å². The molecule has 1 aliphatic rings. The van der Waals surface area contributed by atoms with Gasteiger partial charge in [0.2, 0.25) is 5.91 Å². The van der Waals surface area contributed by atoms with E-state index in [4.69, 9.17) is 0 Å². The molecule has 0 bridgehead atoms. The van der Waals surface area contributed by atoms with Crippen molar-refractivity contribution in [2.45, 2.75) is 18.8 Å². The molecular weight excluding hydrogens is 505 g/mol. The van der Waals surface area contributed by atoms with Crippen molar-refractivity contribution in [3.63, 3.8) is 0 Å². The second-order valence-electron chi connectivity index (χ2n) is 9.66. The molecular formula is C32H24FN5O2. The maximum atomic E-state index is 15.3. The number of halogens is 1. The van der Waals surface area contributed by atoms with Crippen molar-refractivity contribution in [1.82, 2.24) is 15.0 Å². The van der Waals surface area contributed by atoms with Gasteiger partial charge in [-0.1, -0.05) is 24.8 Å². The van der Waals surface area contributed by atoms with Crippen molar-refractivity contribution in [3.8, 4) is 22.3 Å². The van der Waals surface area contributed by atoms with Crippen LogP contribution in [0.1, 0.15) is 34.7 Å². The van der Waals surface area contributed by atoms with E-state index in [1.807, 2.05) is 42.5 Å². The average molecular weight is 530 g/mol. The van der Waals surface area contributed by atoms with Crippen molar-refractivity contribution >= 4 is 34.2 Å². The molecule has 0 unspecified atom stereocenters. The normalized spacial score (nSPS) is 12.6. The summed E-state index contributed by atoms with van der Waals surface area (Å²) in [6, 6.07) is 19.5. The lowest BCUT2D eigenvalue weighted by Gasteiger charge is -2.12. The van der Waals surface area contributed by atoms with Crippen molar-refractivity contribution in [3.05, 3.63) is 115 Å². The maximum absolute atomic E-state index is 15.3. The number of rotatable bonds is 7. The number of hydrogen-bond acceptors (Lipinski definition) is 5. The Balaban J connectivity index is 1.33. The van der Waals surface area contributed by atoms with Crippen LogP contribution in [0.2, 0.25) is 0 Å². The van der Waals surface area contributed by atoms with E-state index in [2.05, 4.69) is 32.2 Å². The topological polar surface area (TPSA) is 96.9 Å². The molecule has 2 N–H and O–H groups in total. The van der Waals surface area contributed by atoms with Crippen molar-refractivity contribution in [1.29, 1.82) is 0 Å². The van der Waals surface area contributed by atoms with Crippen LogP contribution in [0.5, 0.6) is 0 Å². The van der Waals surface area contributed by atoms with Gasteiger partial charge in [0.15, 0.2) is 0 Å². The van der Waals surface area contributed by atoms with Crippen LogP contribution >= 0.6 is 0 Å². The van der Waals surface area contributed by atoms with Crippen LogP contribution in [-0.4, -0.2) is 26.8 Å². The molecule has 196 valence electrons. The molecule has 1 saturated carbocycles. The van der Waals surface area contributed by atoms with E-state index in [0.29, 0.717) is 28.5 Å². The van der Waals surface area contributed by atoms with Gasteiger partial charge < -0.3 is 10.6 Å².